The van der Waals surface area contributed by atoms with Gasteiger partial charge in [-0.05, 0) is 37.8 Å². The molecule has 4 heterocycles. The number of likely N-dealkylation sites (tertiary alicyclic amines) is 1. The number of carbonyl (C=O) groups excluding carboxylic acids is 4. The molecule has 2 fully saturated rings. The van der Waals surface area contributed by atoms with Gasteiger partial charge in [-0.3, -0.25) is 19.2 Å². The van der Waals surface area contributed by atoms with Gasteiger partial charge in [0.15, 0.2) is 0 Å². The molecule has 8 atom stereocenters. The Morgan fingerprint density at radius 3 is 2.48 bits per heavy atom. The summed E-state index contributed by atoms with van der Waals surface area (Å²) in [7, 11) is 0. The van der Waals surface area contributed by atoms with Crippen LogP contribution in [0.2, 0.25) is 0 Å². The molecule has 2 N–H and O–H groups in total. The number of nitrogens with zero attached hydrogens (tertiary/aromatic N) is 2. The lowest BCUT2D eigenvalue weighted by Crippen LogP contribution is -2.60. The SMILES string of the molecule is CC[C@H](C)[C@H](CO)N1C(=O)[C@H]2[C@@H]3C(=O)O[C@H](c4ccccc4)CNC(=O)CC/C=C\CN(C(C)C)C(=O)[C@H]1[C@@]21C=C(Br)[C@@H]3O1. The van der Waals surface area contributed by atoms with E-state index in [0.29, 0.717) is 22.9 Å². The minimum atomic E-state index is -1.43. The van der Waals surface area contributed by atoms with Crippen molar-refractivity contribution in [3.8, 4) is 0 Å². The lowest BCUT2D eigenvalue weighted by Gasteiger charge is -2.41. The van der Waals surface area contributed by atoms with Gasteiger partial charge in [-0.2, -0.15) is 0 Å². The molecule has 1 aromatic carbocycles. The van der Waals surface area contributed by atoms with Crippen molar-refractivity contribution in [3.63, 3.8) is 0 Å². The molecule has 0 unspecified atom stereocenters. The fourth-order valence-electron chi connectivity index (χ4n) is 7.02. The monoisotopic (exact) mass is 671 g/mol. The molecule has 0 aliphatic carbocycles. The number of aliphatic hydroxyl groups excluding tert-OH is 1. The number of benzene rings is 1. The summed E-state index contributed by atoms with van der Waals surface area (Å²) in [4.78, 5) is 59.2. The number of aliphatic hydroxyl groups is 1. The Morgan fingerprint density at radius 2 is 1.82 bits per heavy atom. The first kappa shape index (κ1) is 32.4. The van der Waals surface area contributed by atoms with Crippen LogP contribution in [-0.4, -0.2) is 88.1 Å². The third-order valence-electron chi connectivity index (χ3n) is 9.54. The second-order valence-electron chi connectivity index (χ2n) is 12.4. The van der Waals surface area contributed by atoms with Crippen LogP contribution >= 0.6 is 15.9 Å². The summed E-state index contributed by atoms with van der Waals surface area (Å²) in [5, 5.41) is 13.5. The molecule has 0 aromatic heterocycles. The van der Waals surface area contributed by atoms with Gasteiger partial charge in [0.1, 0.15) is 29.8 Å². The Kier molecular flexibility index (Phi) is 9.67. The molecular formula is C33H42BrN3O7. The van der Waals surface area contributed by atoms with Crippen LogP contribution in [0.15, 0.2) is 53.0 Å². The van der Waals surface area contributed by atoms with E-state index in [0.717, 1.165) is 0 Å². The minimum absolute atomic E-state index is 0.0618. The molecule has 5 rings (SSSR count). The van der Waals surface area contributed by atoms with E-state index < -0.39 is 53.6 Å². The maximum Gasteiger partial charge on any atom is 0.313 e. The van der Waals surface area contributed by atoms with Crippen LogP contribution in [0.25, 0.3) is 0 Å². The molecule has 1 spiro atoms. The number of ether oxygens (including phenoxy) is 2. The molecule has 238 valence electrons. The quantitative estimate of drug-likeness (QED) is 0.351. The third kappa shape index (κ3) is 5.63. The van der Waals surface area contributed by atoms with E-state index in [2.05, 4.69) is 21.2 Å². The van der Waals surface area contributed by atoms with E-state index in [-0.39, 0.29) is 49.9 Å². The van der Waals surface area contributed by atoms with Crippen molar-refractivity contribution in [1.82, 2.24) is 15.1 Å². The number of amides is 3. The molecule has 5 bridgehead atoms. The summed E-state index contributed by atoms with van der Waals surface area (Å²) in [6.45, 7) is 7.70. The summed E-state index contributed by atoms with van der Waals surface area (Å²) in [6.07, 6.45) is 5.25. The highest BCUT2D eigenvalue weighted by atomic mass is 79.9. The largest absolute Gasteiger partial charge is 0.455 e. The van der Waals surface area contributed by atoms with Gasteiger partial charge in [0, 0.05) is 23.5 Å². The normalized spacial score (nSPS) is 33.2. The summed E-state index contributed by atoms with van der Waals surface area (Å²) in [6, 6.07) is 7.16. The van der Waals surface area contributed by atoms with Crippen molar-refractivity contribution >= 4 is 39.6 Å². The van der Waals surface area contributed by atoms with E-state index in [1.807, 2.05) is 70.2 Å². The van der Waals surface area contributed by atoms with Crippen LogP contribution in [0.3, 0.4) is 0 Å². The van der Waals surface area contributed by atoms with Gasteiger partial charge in [0.25, 0.3) is 0 Å². The zero-order chi connectivity index (χ0) is 31.8. The Balaban J connectivity index is 1.63. The topological polar surface area (TPSA) is 125 Å². The average Bonchev–Trinajstić information content (AvgIpc) is 3.60. The lowest BCUT2D eigenvalue weighted by molar-refractivity contribution is -0.161. The molecule has 3 amide bonds. The first-order chi connectivity index (χ1) is 21.0. The highest BCUT2D eigenvalue weighted by Crippen LogP contribution is 2.59. The number of halogens is 1. The van der Waals surface area contributed by atoms with Gasteiger partial charge in [0.2, 0.25) is 17.7 Å². The minimum Gasteiger partial charge on any atom is -0.455 e. The number of rotatable bonds is 6. The fraction of sp³-hybridized carbons (Fsp3) is 0.576. The van der Waals surface area contributed by atoms with Crippen LogP contribution in [0.1, 0.15) is 58.6 Å². The van der Waals surface area contributed by atoms with Crippen LogP contribution in [0.5, 0.6) is 0 Å². The Labute approximate surface area is 266 Å². The Morgan fingerprint density at radius 1 is 1.09 bits per heavy atom. The molecule has 4 aliphatic heterocycles. The number of cyclic esters (lactones) is 1. The number of allylic oxidation sites excluding steroid dienone is 1. The third-order valence-corrected chi connectivity index (χ3v) is 10.2. The van der Waals surface area contributed by atoms with E-state index in [9.17, 15) is 24.3 Å². The van der Waals surface area contributed by atoms with Gasteiger partial charge < -0.3 is 29.7 Å². The van der Waals surface area contributed by atoms with Crippen molar-refractivity contribution in [1.29, 1.82) is 0 Å². The second kappa shape index (κ2) is 13.1. The average molecular weight is 673 g/mol. The Bertz CT molecular complexity index is 1330. The highest BCUT2D eigenvalue weighted by Gasteiger charge is 2.75. The smallest absolute Gasteiger partial charge is 0.313 e. The molecule has 4 aliphatic rings. The molecule has 44 heavy (non-hydrogen) atoms. The van der Waals surface area contributed by atoms with Gasteiger partial charge in [-0.1, -0.05) is 78.7 Å². The number of hydrogen-bond donors (Lipinski definition) is 2. The number of fused-ring (bicyclic) bond motifs is 2. The molecule has 0 saturated carbocycles. The second-order valence-corrected chi connectivity index (χ2v) is 13.4. The summed E-state index contributed by atoms with van der Waals surface area (Å²) >= 11 is 3.58. The van der Waals surface area contributed by atoms with Crippen molar-refractivity contribution in [2.24, 2.45) is 17.8 Å². The lowest BCUT2D eigenvalue weighted by atomic mass is 9.74. The first-order valence-corrected chi connectivity index (χ1v) is 16.3. The molecule has 0 radical (unpaired) electrons. The predicted molar refractivity (Wildman–Crippen MR) is 166 cm³/mol. The zero-order valence-electron chi connectivity index (χ0n) is 25.6. The van der Waals surface area contributed by atoms with Crippen LogP contribution in [0, 0.1) is 17.8 Å². The standard InChI is InChI=1S/C33H42BrN3O7/c1-5-20(4)23(18-38)37-29-31(41)36(19(2)3)15-11-7-10-14-25(39)35-17-24(21-12-8-6-9-13-21)43-32(42)26-27(30(37)40)33(29)16-22(34)28(26)44-33/h6-9,11-13,16,19-20,23-24,26-29,38H,5,10,14-15,17-18H2,1-4H3,(H,35,39)/b11-7-/t20-,23-,24-,26-,27+,28-,29-,33+/m0/s1. The van der Waals surface area contributed by atoms with Crippen molar-refractivity contribution in [2.45, 2.75) is 82.9 Å². The van der Waals surface area contributed by atoms with E-state index in [1.54, 1.807) is 11.0 Å². The summed E-state index contributed by atoms with van der Waals surface area (Å²) in [5.74, 6) is -3.76. The Hall–Kier alpha value is -3.02. The zero-order valence-corrected chi connectivity index (χ0v) is 27.2. The molecule has 11 heteroatoms. The van der Waals surface area contributed by atoms with Crippen LogP contribution in [-0.2, 0) is 28.7 Å². The van der Waals surface area contributed by atoms with Gasteiger partial charge >= 0.3 is 5.97 Å². The fourth-order valence-corrected chi connectivity index (χ4v) is 7.75. The van der Waals surface area contributed by atoms with Crippen molar-refractivity contribution < 1.29 is 33.8 Å². The highest BCUT2D eigenvalue weighted by molar-refractivity contribution is 9.11. The number of hydrogen-bond acceptors (Lipinski definition) is 7. The van der Waals surface area contributed by atoms with Gasteiger partial charge in [0.05, 0.1) is 25.1 Å². The molecule has 1 aromatic rings. The van der Waals surface area contributed by atoms with Gasteiger partial charge in [-0.15, -0.1) is 0 Å². The van der Waals surface area contributed by atoms with Crippen LogP contribution in [0.4, 0.5) is 0 Å². The van der Waals surface area contributed by atoms with E-state index in [4.69, 9.17) is 9.47 Å². The van der Waals surface area contributed by atoms with Gasteiger partial charge in [-0.25, -0.2) is 0 Å². The predicted octanol–water partition coefficient (Wildman–Crippen LogP) is 3.25. The molecular weight excluding hydrogens is 630 g/mol. The molecule has 2 saturated heterocycles. The van der Waals surface area contributed by atoms with Crippen molar-refractivity contribution in [2.75, 3.05) is 19.7 Å². The van der Waals surface area contributed by atoms with Crippen LogP contribution < -0.4 is 5.32 Å². The number of carbonyl (C=O) groups is 4. The van der Waals surface area contributed by atoms with Crippen molar-refractivity contribution in [3.05, 3.63) is 58.6 Å². The summed E-state index contributed by atoms with van der Waals surface area (Å²) < 4.78 is 13.3. The maximum absolute atomic E-state index is 14.6. The van der Waals surface area contributed by atoms with E-state index >= 15 is 0 Å². The maximum atomic E-state index is 14.6. The summed E-state index contributed by atoms with van der Waals surface area (Å²) in [5.41, 5.74) is -0.728. The number of nitrogens with one attached hydrogen (secondary N) is 1. The van der Waals surface area contributed by atoms with E-state index in [1.165, 1.54) is 4.90 Å². The number of esters is 1. The molecule has 10 nitrogen and oxygen atoms in total. The first-order valence-electron chi connectivity index (χ1n) is 15.5.